The molecule has 0 bridgehead atoms. The Morgan fingerprint density at radius 2 is 2.00 bits per heavy atom. The van der Waals surface area contributed by atoms with Crippen LogP contribution in [-0.4, -0.2) is 14.6 Å². The van der Waals surface area contributed by atoms with Crippen molar-refractivity contribution >= 4 is 16.4 Å². The molecule has 0 saturated carbocycles. The fourth-order valence-electron chi connectivity index (χ4n) is 2.38. The predicted molar refractivity (Wildman–Crippen MR) is 72.5 cm³/mol. The first-order valence-corrected chi connectivity index (χ1v) is 5.92. The molecule has 0 amide bonds. The second-order valence-electron chi connectivity index (χ2n) is 4.36. The number of aromatic nitrogens is 3. The maximum absolute atomic E-state index is 4.37. The van der Waals surface area contributed by atoms with Crippen LogP contribution in [0, 0.1) is 0 Å². The average molecular weight is 233 g/mol. The van der Waals surface area contributed by atoms with Crippen molar-refractivity contribution in [2.45, 2.75) is 0 Å². The Hall–Kier alpha value is -2.55. The molecule has 1 N–H and O–H groups in total. The van der Waals surface area contributed by atoms with Crippen LogP contribution in [0.15, 0.2) is 60.9 Å². The standard InChI is InChI=1S/C15H11N3/c1-2-13-7-9-17-18(13)15(3-1)12-5-4-11-6-8-16-14(11)10-12/h1-10,16H. The summed E-state index contributed by atoms with van der Waals surface area (Å²) < 4.78 is 1.96. The summed E-state index contributed by atoms with van der Waals surface area (Å²) in [6.45, 7) is 0. The molecule has 0 atom stereocenters. The normalized spacial score (nSPS) is 11.3. The van der Waals surface area contributed by atoms with Crippen LogP contribution in [-0.2, 0) is 0 Å². The molecule has 18 heavy (non-hydrogen) atoms. The van der Waals surface area contributed by atoms with E-state index in [1.165, 1.54) is 10.9 Å². The van der Waals surface area contributed by atoms with Gasteiger partial charge < -0.3 is 4.98 Å². The minimum absolute atomic E-state index is 1.11. The first-order chi connectivity index (χ1) is 8.92. The molecule has 4 rings (SSSR count). The summed E-state index contributed by atoms with van der Waals surface area (Å²) in [5.74, 6) is 0. The Labute approximate surface area is 104 Å². The molecule has 0 aliphatic heterocycles. The molecule has 0 radical (unpaired) electrons. The Kier molecular flexibility index (Phi) is 1.83. The summed E-state index contributed by atoms with van der Waals surface area (Å²) >= 11 is 0. The van der Waals surface area contributed by atoms with Gasteiger partial charge in [0.05, 0.1) is 17.4 Å². The maximum Gasteiger partial charge on any atom is 0.0725 e. The van der Waals surface area contributed by atoms with Gasteiger partial charge in [0.25, 0.3) is 0 Å². The summed E-state index contributed by atoms with van der Waals surface area (Å²) in [6, 6.07) is 16.7. The first-order valence-electron chi connectivity index (χ1n) is 5.92. The van der Waals surface area contributed by atoms with E-state index in [9.17, 15) is 0 Å². The van der Waals surface area contributed by atoms with E-state index in [0.29, 0.717) is 0 Å². The highest BCUT2D eigenvalue weighted by molar-refractivity contribution is 5.84. The fourth-order valence-corrected chi connectivity index (χ4v) is 2.38. The third-order valence-electron chi connectivity index (χ3n) is 3.27. The molecule has 4 aromatic rings. The van der Waals surface area contributed by atoms with E-state index in [-0.39, 0.29) is 0 Å². The van der Waals surface area contributed by atoms with Gasteiger partial charge in [-0.3, -0.25) is 0 Å². The fraction of sp³-hybridized carbons (Fsp3) is 0. The molecule has 3 heteroatoms. The number of hydrogen-bond donors (Lipinski definition) is 1. The van der Waals surface area contributed by atoms with Gasteiger partial charge in [-0.25, -0.2) is 4.52 Å². The number of benzene rings is 1. The number of aromatic amines is 1. The van der Waals surface area contributed by atoms with Gasteiger partial charge in [-0.2, -0.15) is 5.10 Å². The van der Waals surface area contributed by atoms with Crippen LogP contribution >= 0.6 is 0 Å². The summed E-state index contributed by atoms with van der Waals surface area (Å²) in [6.07, 6.45) is 3.79. The lowest BCUT2D eigenvalue weighted by atomic mass is 10.1. The highest BCUT2D eigenvalue weighted by Gasteiger charge is 2.05. The molecule has 0 unspecified atom stereocenters. The SMILES string of the molecule is c1cc(-c2ccc3cc[nH]c3c2)n2nccc2c1. The van der Waals surface area contributed by atoms with Gasteiger partial charge in [0.2, 0.25) is 0 Å². The van der Waals surface area contributed by atoms with Crippen molar-refractivity contribution < 1.29 is 0 Å². The highest BCUT2D eigenvalue weighted by Crippen LogP contribution is 2.24. The molecule has 3 nitrogen and oxygen atoms in total. The van der Waals surface area contributed by atoms with Crippen molar-refractivity contribution in [3.8, 4) is 11.3 Å². The average Bonchev–Trinajstić information content (AvgIpc) is 3.05. The van der Waals surface area contributed by atoms with E-state index in [4.69, 9.17) is 0 Å². The van der Waals surface area contributed by atoms with Gasteiger partial charge in [0.1, 0.15) is 0 Å². The van der Waals surface area contributed by atoms with E-state index in [1.54, 1.807) is 0 Å². The number of hydrogen-bond acceptors (Lipinski definition) is 1. The second-order valence-corrected chi connectivity index (χ2v) is 4.36. The minimum Gasteiger partial charge on any atom is -0.361 e. The zero-order chi connectivity index (χ0) is 11.9. The van der Waals surface area contributed by atoms with E-state index >= 15 is 0 Å². The molecule has 0 aliphatic rings. The van der Waals surface area contributed by atoms with Gasteiger partial charge in [0.15, 0.2) is 0 Å². The summed E-state index contributed by atoms with van der Waals surface area (Å²) in [5.41, 5.74) is 4.53. The molecule has 0 saturated heterocycles. The number of nitrogens with one attached hydrogen (secondary N) is 1. The molecule has 1 aromatic carbocycles. The van der Waals surface area contributed by atoms with Crippen LogP contribution in [0.3, 0.4) is 0 Å². The summed E-state index contributed by atoms with van der Waals surface area (Å²) in [4.78, 5) is 3.24. The van der Waals surface area contributed by atoms with E-state index < -0.39 is 0 Å². The number of rotatable bonds is 1. The lowest BCUT2D eigenvalue weighted by Crippen LogP contribution is -1.92. The van der Waals surface area contributed by atoms with Crippen molar-refractivity contribution in [3.63, 3.8) is 0 Å². The number of nitrogens with zero attached hydrogens (tertiary/aromatic N) is 2. The Bertz CT molecular complexity index is 839. The Balaban J connectivity index is 2.03. The van der Waals surface area contributed by atoms with Crippen LogP contribution in [0.1, 0.15) is 0 Å². The van der Waals surface area contributed by atoms with Crippen molar-refractivity contribution in [2.75, 3.05) is 0 Å². The maximum atomic E-state index is 4.37. The Morgan fingerprint density at radius 3 is 3.00 bits per heavy atom. The van der Waals surface area contributed by atoms with Crippen molar-refractivity contribution in [1.82, 2.24) is 14.6 Å². The summed E-state index contributed by atoms with van der Waals surface area (Å²) in [7, 11) is 0. The lowest BCUT2D eigenvalue weighted by molar-refractivity contribution is 0.970. The number of pyridine rings is 1. The zero-order valence-electron chi connectivity index (χ0n) is 9.67. The molecular formula is C15H11N3. The van der Waals surface area contributed by atoms with E-state index in [0.717, 1.165) is 16.7 Å². The third-order valence-corrected chi connectivity index (χ3v) is 3.27. The molecule has 0 spiro atoms. The quantitative estimate of drug-likeness (QED) is 0.536. The molecule has 3 aromatic heterocycles. The minimum atomic E-state index is 1.11. The van der Waals surface area contributed by atoms with Crippen molar-refractivity contribution in [1.29, 1.82) is 0 Å². The molecule has 0 fully saturated rings. The topological polar surface area (TPSA) is 33.1 Å². The molecule has 86 valence electrons. The van der Waals surface area contributed by atoms with Crippen molar-refractivity contribution in [3.05, 3.63) is 60.9 Å². The van der Waals surface area contributed by atoms with Crippen LogP contribution in [0.5, 0.6) is 0 Å². The van der Waals surface area contributed by atoms with Crippen LogP contribution in [0.2, 0.25) is 0 Å². The smallest absolute Gasteiger partial charge is 0.0725 e. The van der Waals surface area contributed by atoms with Crippen molar-refractivity contribution in [2.24, 2.45) is 0 Å². The van der Waals surface area contributed by atoms with Crippen LogP contribution < -0.4 is 0 Å². The van der Waals surface area contributed by atoms with E-state index in [1.807, 2.05) is 23.0 Å². The predicted octanol–water partition coefficient (Wildman–Crippen LogP) is 3.48. The molecule has 0 aliphatic carbocycles. The zero-order valence-corrected chi connectivity index (χ0v) is 9.67. The molecule has 3 heterocycles. The van der Waals surface area contributed by atoms with Crippen LogP contribution in [0.25, 0.3) is 27.7 Å². The summed E-state index contributed by atoms with van der Waals surface area (Å²) in [5, 5.41) is 5.60. The van der Waals surface area contributed by atoms with Gasteiger partial charge in [-0.05, 0) is 35.7 Å². The van der Waals surface area contributed by atoms with Gasteiger partial charge in [-0.1, -0.05) is 18.2 Å². The highest BCUT2D eigenvalue weighted by atomic mass is 15.2. The van der Waals surface area contributed by atoms with E-state index in [2.05, 4.69) is 52.5 Å². The van der Waals surface area contributed by atoms with Gasteiger partial charge in [-0.15, -0.1) is 0 Å². The number of H-pyrrole nitrogens is 1. The third kappa shape index (κ3) is 1.27. The largest absolute Gasteiger partial charge is 0.361 e. The monoisotopic (exact) mass is 233 g/mol. The first kappa shape index (κ1) is 9.48. The van der Waals surface area contributed by atoms with Gasteiger partial charge >= 0.3 is 0 Å². The second kappa shape index (κ2) is 3.47. The van der Waals surface area contributed by atoms with Crippen LogP contribution in [0.4, 0.5) is 0 Å². The molecular weight excluding hydrogens is 222 g/mol. The lowest BCUT2D eigenvalue weighted by Gasteiger charge is -2.05. The van der Waals surface area contributed by atoms with Gasteiger partial charge in [0, 0.05) is 17.3 Å². The Morgan fingerprint density at radius 1 is 1.00 bits per heavy atom. The number of fused-ring (bicyclic) bond motifs is 2.